The van der Waals surface area contributed by atoms with Gasteiger partial charge in [-0.15, -0.1) is 0 Å². The summed E-state index contributed by atoms with van der Waals surface area (Å²) in [5, 5.41) is 0. The van der Waals surface area contributed by atoms with Crippen molar-refractivity contribution in [1.82, 2.24) is 0 Å². The second kappa shape index (κ2) is 6.31. The third kappa shape index (κ3) is 3.34. The summed E-state index contributed by atoms with van der Waals surface area (Å²) in [6.45, 7) is 1.64. The predicted octanol–water partition coefficient (Wildman–Crippen LogP) is 3.33. The van der Waals surface area contributed by atoms with E-state index in [1.807, 2.05) is 30.3 Å². The van der Waals surface area contributed by atoms with Crippen LogP contribution in [-0.2, 0) is 15.1 Å². The monoisotopic (exact) mass is 285 g/mol. The molecule has 1 atom stereocenters. The zero-order chi connectivity index (χ0) is 15.3. The molecule has 4 heteroatoms. The van der Waals surface area contributed by atoms with Crippen LogP contribution in [0.5, 0.6) is 0 Å². The number of esters is 1. The van der Waals surface area contributed by atoms with Crippen molar-refractivity contribution in [2.24, 2.45) is 4.99 Å². The van der Waals surface area contributed by atoms with E-state index in [0.717, 1.165) is 5.56 Å². The molecule has 0 heterocycles. The highest BCUT2D eigenvalue weighted by Gasteiger charge is 2.35. The van der Waals surface area contributed by atoms with Crippen LogP contribution in [0.15, 0.2) is 59.6 Å². The smallest absolute Gasteiger partial charge is 0.338 e. The molecule has 3 nitrogen and oxygen atoms in total. The molecule has 0 aliphatic heterocycles. The van der Waals surface area contributed by atoms with Gasteiger partial charge < -0.3 is 4.74 Å². The number of hydrogen-bond donors (Lipinski definition) is 0. The summed E-state index contributed by atoms with van der Waals surface area (Å²) in [6, 6.07) is 15.1. The van der Waals surface area contributed by atoms with Gasteiger partial charge in [0.2, 0.25) is 0 Å². The average Bonchev–Trinajstić information content (AvgIpc) is 2.53. The second-order valence-corrected chi connectivity index (χ2v) is 4.74. The minimum absolute atomic E-state index is 0.363. The Hall–Kier alpha value is -2.49. The molecule has 0 unspecified atom stereocenters. The van der Waals surface area contributed by atoms with E-state index in [9.17, 15) is 9.18 Å². The van der Waals surface area contributed by atoms with E-state index in [2.05, 4.69) is 4.99 Å². The van der Waals surface area contributed by atoms with Crippen LogP contribution in [0.25, 0.3) is 0 Å². The third-order valence-electron chi connectivity index (χ3n) is 3.26. The summed E-state index contributed by atoms with van der Waals surface area (Å²) >= 11 is 0. The highest BCUT2D eigenvalue weighted by molar-refractivity contribution is 5.87. The molecular formula is C17H16FNO2. The molecule has 0 fully saturated rings. The van der Waals surface area contributed by atoms with E-state index in [1.54, 1.807) is 13.1 Å². The average molecular weight is 285 g/mol. The van der Waals surface area contributed by atoms with Crippen molar-refractivity contribution < 1.29 is 13.9 Å². The number of methoxy groups -OCH3 is 1. The maximum absolute atomic E-state index is 13.1. The molecule has 0 N–H and O–H groups in total. The van der Waals surface area contributed by atoms with Gasteiger partial charge in [0.05, 0.1) is 7.11 Å². The number of nitrogens with zero attached hydrogens (tertiary/aromatic N) is 1. The van der Waals surface area contributed by atoms with Crippen LogP contribution in [0.1, 0.15) is 18.1 Å². The molecule has 0 aliphatic carbocycles. The molecule has 2 aromatic carbocycles. The molecule has 0 aromatic heterocycles. The molecule has 21 heavy (non-hydrogen) atoms. The summed E-state index contributed by atoms with van der Waals surface area (Å²) in [5.74, 6) is -0.862. The molecular weight excluding hydrogens is 269 g/mol. The lowest BCUT2D eigenvalue weighted by Gasteiger charge is -2.22. The molecule has 0 bridgehead atoms. The fourth-order valence-electron chi connectivity index (χ4n) is 1.96. The maximum Gasteiger partial charge on any atom is 0.338 e. The van der Waals surface area contributed by atoms with Crippen molar-refractivity contribution in [2.75, 3.05) is 7.11 Å². The summed E-state index contributed by atoms with van der Waals surface area (Å²) in [5.41, 5.74) is 0.232. The number of hydrogen-bond acceptors (Lipinski definition) is 3. The molecule has 0 saturated carbocycles. The number of halogens is 1. The van der Waals surface area contributed by atoms with E-state index in [0.29, 0.717) is 5.56 Å². The van der Waals surface area contributed by atoms with Crippen LogP contribution in [0.2, 0.25) is 0 Å². The van der Waals surface area contributed by atoms with Crippen LogP contribution >= 0.6 is 0 Å². The molecule has 0 amide bonds. The van der Waals surface area contributed by atoms with Crippen LogP contribution in [0, 0.1) is 5.82 Å². The van der Waals surface area contributed by atoms with Crippen LogP contribution in [0.4, 0.5) is 4.39 Å². The molecule has 108 valence electrons. The normalized spacial score (nSPS) is 13.9. The largest absolute Gasteiger partial charge is 0.467 e. The quantitative estimate of drug-likeness (QED) is 0.638. The summed E-state index contributed by atoms with van der Waals surface area (Å²) in [6.07, 6.45) is 1.61. The van der Waals surface area contributed by atoms with Gasteiger partial charge in [0.25, 0.3) is 0 Å². The first-order valence-electron chi connectivity index (χ1n) is 6.51. The van der Waals surface area contributed by atoms with Gasteiger partial charge in [0, 0.05) is 6.21 Å². The van der Waals surface area contributed by atoms with Crippen LogP contribution < -0.4 is 0 Å². The summed E-state index contributed by atoms with van der Waals surface area (Å²) in [7, 11) is 1.31. The van der Waals surface area contributed by atoms with Crippen molar-refractivity contribution in [3.8, 4) is 0 Å². The van der Waals surface area contributed by atoms with Crippen molar-refractivity contribution in [3.05, 3.63) is 71.5 Å². The summed E-state index contributed by atoms with van der Waals surface area (Å²) < 4.78 is 17.9. The van der Waals surface area contributed by atoms with Gasteiger partial charge in [-0.1, -0.05) is 42.5 Å². The maximum atomic E-state index is 13.1. The standard InChI is InChI=1S/C17H16FNO2/c1-17(16(20)21-2,14-8-10-15(18)11-9-14)19-12-13-6-4-3-5-7-13/h3-12H,1-2H3/t17-/m1/s1. The van der Waals surface area contributed by atoms with E-state index in [1.165, 1.54) is 31.4 Å². The second-order valence-electron chi connectivity index (χ2n) is 4.74. The first-order chi connectivity index (χ1) is 10.1. The van der Waals surface area contributed by atoms with Gasteiger partial charge in [0.1, 0.15) is 5.82 Å². The molecule has 0 spiro atoms. The predicted molar refractivity (Wildman–Crippen MR) is 79.8 cm³/mol. The van der Waals surface area contributed by atoms with E-state index < -0.39 is 11.5 Å². The minimum atomic E-state index is -1.21. The van der Waals surface area contributed by atoms with Gasteiger partial charge in [-0.25, -0.2) is 9.18 Å². The minimum Gasteiger partial charge on any atom is -0.467 e. The first-order valence-corrected chi connectivity index (χ1v) is 6.51. The Morgan fingerprint density at radius 3 is 2.33 bits per heavy atom. The Kier molecular flexibility index (Phi) is 4.48. The zero-order valence-electron chi connectivity index (χ0n) is 11.9. The van der Waals surface area contributed by atoms with Gasteiger partial charge in [-0.05, 0) is 30.2 Å². The fraction of sp³-hybridized carbons (Fsp3) is 0.176. The Labute approximate surface area is 123 Å². The lowest BCUT2D eigenvalue weighted by Crippen LogP contribution is -2.32. The van der Waals surface area contributed by atoms with E-state index in [-0.39, 0.29) is 5.82 Å². The van der Waals surface area contributed by atoms with Gasteiger partial charge in [-0.3, -0.25) is 4.99 Å². The fourth-order valence-corrected chi connectivity index (χ4v) is 1.96. The van der Waals surface area contributed by atoms with Gasteiger partial charge >= 0.3 is 5.97 Å². The Balaban J connectivity index is 2.40. The first kappa shape index (κ1) is 14.9. The van der Waals surface area contributed by atoms with Crippen molar-refractivity contribution in [3.63, 3.8) is 0 Å². The lowest BCUT2D eigenvalue weighted by molar-refractivity contribution is -0.146. The number of ether oxygens (including phenoxy) is 1. The van der Waals surface area contributed by atoms with Gasteiger partial charge in [-0.2, -0.15) is 0 Å². The zero-order valence-corrected chi connectivity index (χ0v) is 11.9. The summed E-state index contributed by atoms with van der Waals surface area (Å²) in [4.78, 5) is 16.5. The lowest BCUT2D eigenvalue weighted by atomic mass is 9.92. The third-order valence-corrected chi connectivity index (χ3v) is 3.26. The SMILES string of the molecule is COC(=O)[C@](C)(N=Cc1ccccc1)c1ccc(F)cc1. The van der Waals surface area contributed by atoms with E-state index in [4.69, 9.17) is 4.74 Å². The number of aliphatic imine (C=N–C) groups is 1. The molecule has 0 radical (unpaired) electrons. The van der Waals surface area contributed by atoms with Gasteiger partial charge in [0.15, 0.2) is 5.54 Å². The number of benzene rings is 2. The van der Waals surface area contributed by atoms with Crippen molar-refractivity contribution in [1.29, 1.82) is 0 Å². The Morgan fingerprint density at radius 2 is 1.76 bits per heavy atom. The topological polar surface area (TPSA) is 38.7 Å². The highest BCUT2D eigenvalue weighted by atomic mass is 19.1. The molecule has 0 aliphatic rings. The van der Waals surface area contributed by atoms with Crippen molar-refractivity contribution in [2.45, 2.75) is 12.5 Å². The number of carbonyl (C=O) groups is 1. The van der Waals surface area contributed by atoms with Crippen LogP contribution in [-0.4, -0.2) is 19.3 Å². The molecule has 2 aromatic rings. The molecule has 0 saturated heterocycles. The van der Waals surface area contributed by atoms with Crippen molar-refractivity contribution >= 4 is 12.2 Å². The van der Waals surface area contributed by atoms with E-state index >= 15 is 0 Å². The molecule has 2 rings (SSSR count). The Bertz CT molecular complexity index is 638. The number of carbonyl (C=O) groups excluding carboxylic acids is 1. The highest BCUT2D eigenvalue weighted by Crippen LogP contribution is 2.27. The number of rotatable bonds is 4. The van der Waals surface area contributed by atoms with Crippen LogP contribution in [0.3, 0.4) is 0 Å². The Morgan fingerprint density at radius 1 is 1.14 bits per heavy atom.